The molecule has 92 valence electrons. The number of hydrogen-bond acceptors (Lipinski definition) is 3. The predicted molar refractivity (Wildman–Crippen MR) is 36.6 cm³/mol. The summed E-state index contributed by atoms with van der Waals surface area (Å²) in [5, 5.41) is -10.2. The van der Waals surface area contributed by atoms with E-state index in [9.17, 15) is 34.8 Å². The van der Waals surface area contributed by atoms with Gasteiger partial charge < -0.3 is 0 Å². The maximum atomic E-state index is 12.4. The molecule has 0 aliphatic carbocycles. The van der Waals surface area contributed by atoms with Crippen molar-refractivity contribution in [1.82, 2.24) is 0 Å². The van der Waals surface area contributed by atoms with Crippen LogP contribution in [0.1, 0.15) is 0 Å². The Bertz CT molecular complexity index is 329. The van der Waals surface area contributed by atoms with Gasteiger partial charge in [0.05, 0.1) is 0 Å². The van der Waals surface area contributed by atoms with Gasteiger partial charge in [-0.25, -0.2) is 4.18 Å². The number of alkyl halides is 8. The van der Waals surface area contributed by atoms with E-state index >= 15 is 0 Å². The molecular formula is C3Cl2F6O3S. The molecule has 0 aliphatic heterocycles. The van der Waals surface area contributed by atoms with Crippen LogP contribution in [0.2, 0.25) is 0 Å². The molecule has 0 radical (unpaired) electrons. The average Bonchev–Trinajstić information content (AvgIpc) is 1.77. The quantitative estimate of drug-likeness (QED) is 0.348. The van der Waals surface area contributed by atoms with Crippen LogP contribution in [0.5, 0.6) is 0 Å². The molecule has 0 aromatic carbocycles. The van der Waals surface area contributed by atoms with Gasteiger partial charge in [-0.3, -0.25) is 0 Å². The molecule has 0 aromatic heterocycles. The van der Waals surface area contributed by atoms with Crippen molar-refractivity contribution >= 4 is 33.3 Å². The van der Waals surface area contributed by atoms with E-state index in [1.165, 1.54) is 0 Å². The predicted octanol–water partition coefficient (Wildman–Crippen LogP) is 2.55. The Hall–Kier alpha value is 0.0700. The molecule has 0 bridgehead atoms. The van der Waals surface area contributed by atoms with E-state index in [1.54, 1.807) is 0 Å². The minimum Gasteiger partial charge on any atom is -0.201 e. The smallest absolute Gasteiger partial charge is 0.201 e. The van der Waals surface area contributed by atoms with Crippen molar-refractivity contribution in [2.75, 3.05) is 0 Å². The molecule has 0 fully saturated rings. The topological polar surface area (TPSA) is 43.4 Å². The van der Waals surface area contributed by atoms with Gasteiger partial charge in [0.2, 0.25) is 0 Å². The zero-order chi connectivity index (χ0) is 12.7. The Morgan fingerprint density at radius 1 is 0.933 bits per heavy atom. The second-order valence-corrected chi connectivity index (χ2v) is 4.50. The molecule has 3 nitrogen and oxygen atoms in total. The van der Waals surface area contributed by atoms with Crippen molar-refractivity contribution < 1.29 is 38.9 Å². The van der Waals surface area contributed by atoms with Crippen LogP contribution in [0.3, 0.4) is 0 Å². The molecule has 15 heavy (non-hydrogen) atoms. The van der Waals surface area contributed by atoms with Crippen LogP contribution < -0.4 is 0 Å². The van der Waals surface area contributed by atoms with E-state index in [0.717, 1.165) is 0 Å². The van der Waals surface area contributed by atoms with Crippen molar-refractivity contribution in [2.24, 2.45) is 0 Å². The summed E-state index contributed by atoms with van der Waals surface area (Å²) in [6.07, 6.45) is 0. The fourth-order valence-electron chi connectivity index (χ4n) is 0.232. The van der Waals surface area contributed by atoms with Crippen LogP contribution in [-0.4, -0.2) is 24.6 Å². The number of hydrogen-bond donors (Lipinski definition) is 0. The maximum Gasteiger partial charge on any atom is 0.523 e. The van der Waals surface area contributed by atoms with Gasteiger partial charge in [-0.2, -0.15) is 34.8 Å². The first kappa shape index (κ1) is 15.1. The zero-order valence-electron chi connectivity index (χ0n) is 6.16. The van der Waals surface area contributed by atoms with Gasteiger partial charge >= 0.3 is 26.3 Å². The Morgan fingerprint density at radius 3 is 1.47 bits per heavy atom. The monoisotopic (exact) mass is 300 g/mol. The van der Waals surface area contributed by atoms with Crippen LogP contribution in [0, 0.1) is 0 Å². The van der Waals surface area contributed by atoms with Gasteiger partial charge in [-0.15, -0.1) is 0 Å². The standard InChI is InChI=1S/C3Cl2F6O3S/c4-1(6,7)2(5,8)14-15(12,13)3(9,10)11. The average molecular weight is 301 g/mol. The lowest BCUT2D eigenvalue weighted by Gasteiger charge is -2.22. The lowest BCUT2D eigenvalue weighted by atomic mass is 10.7. The van der Waals surface area contributed by atoms with Gasteiger partial charge in [0, 0.05) is 0 Å². The Labute approximate surface area is 89.0 Å². The minimum atomic E-state index is -6.61. The van der Waals surface area contributed by atoms with Gasteiger partial charge in [-0.05, 0) is 23.2 Å². The van der Waals surface area contributed by atoms with Gasteiger partial charge in [0.15, 0.2) is 0 Å². The highest BCUT2D eigenvalue weighted by Crippen LogP contribution is 2.43. The molecule has 0 heterocycles. The SMILES string of the molecule is O=S(=O)(OC(F)(Cl)C(F)(F)Cl)C(F)(F)F. The Balaban J connectivity index is 5.08. The molecule has 12 heteroatoms. The van der Waals surface area contributed by atoms with Gasteiger partial charge in [-0.1, -0.05) is 0 Å². The van der Waals surface area contributed by atoms with Crippen LogP contribution in [0.25, 0.3) is 0 Å². The first-order valence-electron chi connectivity index (χ1n) is 2.67. The molecule has 0 aliphatic rings. The second kappa shape index (κ2) is 3.82. The Kier molecular flexibility index (Phi) is 3.84. The lowest BCUT2D eigenvalue weighted by molar-refractivity contribution is -0.142. The van der Waals surface area contributed by atoms with Crippen molar-refractivity contribution in [2.45, 2.75) is 16.2 Å². The zero-order valence-corrected chi connectivity index (χ0v) is 8.49. The van der Waals surface area contributed by atoms with Crippen molar-refractivity contribution in [3.05, 3.63) is 0 Å². The molecule has 1 unspecified atom stereocenters. The molecule has 0 saturated heterocycles. The third-order valence-electron chi connectivity index (χ3n) is 0.828. The summed E-state index contributed by atoms with van der Waals surface area (Å²) in [7, 11) is -6.61. The first-order valence-corrected chi connectivity index (χ1v) is 4.83. The molecule has 0 N–H and O–H groups in total. The lowest BCUT2D eigenvalue weighted by Crippen LogP contribution is -2.42. The number of halogens is 8. The van der Waals surface area contributed by atoms with Gasteiger partial charge in [0.1, 0.15) is 0 Å². The first-order chi connectivity index (χ1) is 6.21. The summed E-state index contributed by atoms with van der Waals surface area (Å²) in [6, 6.07) is 0. The van der Waals surface area contributed by atoms with E-state index in [0.29, 0.717) is 0 Å². The summed E-state index contributed by atoms with van der Waals surface area (Å²) in [6.45, 7) is 0. The molecule has 0 rings (SSSR count). The van der Waals surface area contributed by atoms with Crippen LogP contribution in [0.4, 0.5) is 26.3 Å². The maximum absolute atomic E-state index is 12.4. The minimum absolute atomic E-state index is 2.42. The van der Waals surface area contributed by atoms with E-state index < -0.39 is 26.3 Å². The fraction of sp³-hybridized carbons (Fsp3) is 1.00. The van der Waals surface area contributed by atoms with Gasteiger partial charge in [0.25, 0.3) is 0 Å². The van der Waals surface area contributed by atoms with E-state index in [-0.39, 0.29) is 0 Å². The largest absolute Gasteiger partial charge is 0.523 e. The summed E-state index contributed by atoms with van der Waals surface area (Å²) < 4.78 is 93.3. The summed E-state index contributed by atoms with van der Waals surface area (Å²) >= 11 is 7.94. The van der Waals surface area contributed by atoms with Crippen molar-refractivity contribution in [3.8, 4) is 0 Å². The summed E-state index contributed by atoms with van der Waals surface area (Å²) in [5.41, 5.74) is -6.10. The van der Waals surface area contributed by atoms with Crippen molar-refractivity contribution in [3.63, 3.8) is 0 Å². The Morgan fingerprint density at radius 2 is 1.27 bits per heavy atom. The van der Waals surface area contributed by atoms with E-state index in [4.69, 9.17) is 0 Å². The van der Waals surface area contributed by atoms with Crippen LogP contribution >= 0.6 is 23.2 Å². The second-order valence-electron chi connectivity index (χ2n) is 2.00. The fourth-order valence-corrected chi connectivity index (χ4v) is 1.04. The molecule has 0 saturated carbocycles. The number of rotatable bonds is 3. The van der Waals surface area contributed by atoms with Crippen LogP contribution in [0.15, 0.2) is 0 Å². The molecule has 1 atom stereocenters. The van der Waals surface area contributed by atoms with Crippen LogP contribution in [-0.2, 0) is 14.3 Å². The summed E-state index contributed by atoms with van der Waals surface area (Å²) in [5.74, 6) is 0. The highest BCUT2D eigenvalue weighted by molar-refractivity contribution is 7.87. The molecule has 0 spiro atoms. The summed E-state index contributed by atoms with van der Waals surface area (Å²) in [4.78, 5) is 0. The third-order valence-corrected chi connectivity index (χ3v) is 2.59. The van der Waals surface area contributed by atoms with E-state index in [1.807, 2.05) is 0 Å². The molecule has 0 amide bonds. The van der Waals surface area contributed by atoms with Crippen molar-refractivity contribution in [1.29, 1.82) is 0 Å². The van der Waals surface area contributed by atoms with E-state index in [2.05, 4.69) is 27.4 Å². The normalized spacial score (nSPS) is 18.7. The molecular weight excluding hydrogens is 301 g/mol. The third kappa shape index (κ3) is 3.54. The molecule has 0 aromatic rings. The highest BCUT2D eigenvalue weighted by atomic mass is 35.5. The highest BCUT2D eigenvalue weighted by Gasteiger charge is 2.62.